The lowest BCUT2D eigenvalue weighted by atomic mass is 9.96. The van der Waals surface area contributed by atoms with Crippen molar-refractivity contribution in [2.24, 2.45) is 0 Å². The molecular formula is C32H22N4. The van der Waals surface area contributed by atoms with Crippen molar-refractivity contribution in [2.45, 2.75) is 0 Å². The summed E-state index contributed by atoms with van der Waals surface area (Å²) in [6.07, 6.45) is 3.63. The molecule has 170 valence electrons. The van der Waals surface area contributed by atoms with Gasteiger partial charge in [-0.25, -0.2) is 15.0 Å². The van der Waals surface area contributed by atoms with Crippen LogP contribution in [0.5, 0.6) is 0 Å². The summed E-state index contributed by atoms with van der Waals surface area (Å²) in [7, 11) is 0. The molecular weight excluding hydrogens is 440 g/mol. The number of pyridine rings is 1. The number of hydrogen-bond acceptors (Lipinski definition) is 4. The summed E-state index contributed by atoms with van der Waals surface area (Å²) < 4.78 is 0. The molecule has 0 bridgehead atoms. The molecule has 0 unspecified atom stereocenters. The van der Waals surface area contributed by atoms with E-state index < -0.39 is 0 Å². The second kappa shape index (κ2) is 9.72. The van der Waals surface area contributed by atoms with E-state index in [1.54, 1.807) is 0 Å². The fourth-order valence-electron chi connectivity index (χ4n) is 4.20. The van der Waals surface area contributed by atoms with Crippen LogP contribution in [0.2, 0.25) is 0 Å². The van der Waals surface area contributed by atoms with E-state index in [0.29, 0.717) is 17.5 Å². The van der Waals surface area contributed by atoms with E-state index in [1.165, 1.54) is 0 Å². The van der Waals surface area contributed by atoms with Crippen molar-refractivity contribution >= 4 is 0 Å². The van der Waals surface area contributed by atoms with Crippen LogP contribution in [0, 0.1) is 0 Å². The van der Waals surface area contributed by atoms with E-state index in [9.17, 15) is 0 Å². The van der Waals surface area contributed by atoms with Gasteiger partial charge >= 0.3 is 0 Å². The largest absolute Gasteiger partial charge is 0.265 e. The van der Waals surface area contributed by atoms with Crippen LogP contribution in [0.3, 0.4) is 0 Å². The summed E-state index contributed by atoms with van der Waals surface area (Å²) >= 11 is 0. The Balaban J connectivity index is 1.58. The van der Waals surface area contributed by atoms with Gasteiger partial charge in [-0.2, -0.15) is 0 Å². The molecule has 0 radical (unpaired) electrons. The normalized spacial score (nSPS) is 10.8. The molecule has 0 fully saturated rings. The number of rotatable bonds is 5. The zero-order valence-corrected chi connectivity index (χ0v) is 19.5. The van der Waals surface area contributed by atoms with Gasteiger partial charge in [0.05, 0.1) is 0 Å². The van der Waals surface area contributed by atoms with Gasteiger partial charge in [-0.05, 0) is 52.6 Å². The van der Waals surface area contributed by atoms with Crippen LogP contribution < -0.4 is 0 Å². The summed E-state index contributed by atoms with van der Waals surface area (Å²) in [5, 5.41) is 0. The van der Waals surface area contributed by atoms with Crippen molar-refractivity contribution in [3.05, 3.63) is 134 Å². The fraction of sp³-hybridized carbons (Fsp3) is 0. The van der Waals surface area contributed by atoms with Crippen molar-refractivity contribution in [2.75, 3.05) is 0 Å². The maximum absolute atomic E-state index is 4.93. The lowest BCUT2D eigenvalue weighted by Gasteiger charge is -2.12. The fourth-order valence-corrected chi connectivity index (χ4v) is 4.20. The molecule has 4 heteroatoms. The van der Waals surface area contributed by atoms with Gasteiger partial charge in [0.1, 0.15) is 0 Å². The lowest BCUT2D eigenvalue weighted by Crippen LogP contribution is -2.00. The zero-order valence-electron chi connectivity index (χ0n) is 19.5. The van der Waals surface area contributed by atoms with E-state index in [-0.39, 0.29) is 0 Å². The van der Waals surface area contributed by atoms with Gasteiger partial charge < -0.3 is 0 Å². The highest BCUT2D eigenvalue weighted by Crippen LogP contribution is 2.33. The summed E-state index contributed by atoms with van der Waals surface area (Å²) in [5.41, 5.74) is 7.23. The predicted molar refractivity (Wildman–Crippen MR) is 145 cm³/mol. The van der Waals surface area contributed by atoms with Crippen molar-refractivity contribution < 1.29 is 0 Å². The molecule has 0 amide bonds. The molecule has 0 aliphatic heterocycles. The molecule has 0 saturated heterocycles. The standard InChI is InChI=1S/C32H22N4/c1-4-10-23(11-5-1)27-20-28(24-16-18-33-19-17-24)22-29(21-27)32-35-30(25-12-6-2-7-13-25)34-31(36-32)26-14-8-3-9-15-26/h1-22H. The number of benzene rings is 4. The molecule has 36 heavy (non-hydrogen) atoms. The smallest absolute Gasteiger partial charge is 0.164 e. The Morgan fingerprint density at radius 1 is 0.306 bits per heavy atom. The Hall–Kier alpha value is -4.96. The third-order valence-electron chi connectivity index (χ3n) is 6.01. The van der Waals surface area contributed by atoms with Gasteiger partial charge in [0, 0.05) is 29.1 Å². The van der Waals surface area contributed by atoms with Crippen LogP contribution in [0.15, 0.2) is 134 Å². The lowest BCUT2D eigenvalue weighted by molar-refractivity contribution is 1.07. The molecule has 6 rings (SSSR count). The molecule has 4 nitrogen and oxygen atoms in total. The molecule has 2 aromatic heterocycles. The van der Waals surface area contributed by atoms with Crippen molar-refractivity contribution in [1.29, 1.82) is 0 Å². The van der Waals surface area contributed by atoms with Gasteiger partial charge in [-0.3, -0.25) is 4.98 Å². The molecule has 0 N–H and O–H groups in total. The summed E-state index contributed by atoms with van der Waals surface area (Å²) in [4.78, 5) is 18.9. The van der Waals surface area contributed by atoms with Crippen molar-refractivity contribution in [1.82, 2.24) is 19.9 Å². The highest BCUT2D eigenvalue weighted by atomic mass is 15.0. The van der Waals surface area contributed by atoms with E-state index >= 15 is 0 Å². The Morgan fingerprint density at radius 2 is 0.667 bits per heavy atom. The highest BCUT2D eigenvalue weighted by molar-refractivity contribution is 5.80. The summed E-state index contributed by atoms with van der Waals surface area (Å²) in [5.74, 6) is 1.93. The number of nitrogens with zero attached hydrogens (tertiary/aromatic N) is 4. The quantitative estimate of drug-likeness (QED) is 0.265. The number of aromatic nitrogens is 4. The van der Waals surface area contributed by atoms with Crippen LogP contribution in [0.1, 0.15) is 0 Å². The Bertz CT molecular complexity index is 1360. The molecule has 4 aromatic carbocycles. The SMILES string of the molecule is c1ccc(-c2cc(-c3ccncc3)cc(-c3nc(-c4ccccc4)nc(-c4ccccc4)n3)c2)cc1. The Labute approximate surface area is 210 Å². The minimum absolute atomic E-state index is 0.635. The predicted octanol–water partition coefficient (Wildman–Crippen LogP) is 7.60. The van der Waals surface area contributed by atoms with Gasteiger partial charge in [0.15, 0.2) is 17.5 Å². The zero-order chi connectivity index (χ0) is 24.2. The second-order valence-corrected chi connectivity index (χ2v) is 8.44. The van der Waals surface area contributed by atoms with Crippen LogP contribution in [0.25, 0.3) is 56.4 Å². The monoisotopic (exact) mass is 462 g/mol. The molecule has 0 spiro atoms. The Kier molecular flexibility index (Phi) is 5.83. The van der Waals surface area contributed by atoms with Crippen LogP contribution in [-0.2, 0) is 0 Å². The third-order valence-corrected chi connectivity index (χ3v) is 6.01. The molecule has 0 aliphatic carbocycles. The third kappa shape index (κ3) is 4.52. The van der Waals surface area contributed by atoms with Crippen LogP contribution in [0.4, 0.5) is 0 Å². The molecule has 0 saturated carbocycles. The molecule has 6 aromatic rings. The van der Waals surface area contributed by atoms with E-state index in [4.69, 9.17) is 15.0 Å². The summed E-state index contributed by atoms with van der Waals surface area (Å²) in [6, 6.07) is 41.0. The minimum Gasteiger partial charge on any atom is -0.265 e. The van der Waals surface area contributed by atoms with E-state index in [0.717, 1.165) is 38.9 Å². The molecule has 0 atom stereocenters. The van der Waals surface area contributed by atoms with Gasteiger partial charge in [0.25, 0.3) is 0 Å². The van der Waals surface area contributed by atoms with Crippen LogP contribution in [-0.4, -0.2) is 19.9 Å². The first-order valence-electron chi connectivity index (χ1n) is 11.8. The maximum Gasteiger partial charge on any atom is 0.164 e. The first kappa shape index (κ1) is 21.6. The first-order chi connectivity index (χ1) is 17.8. The van der Waals surface area contributed by atoms with Gasteiger partial charge in [-0.1, -0.05) is 91.0 Å². The summed E-state index contributed by atoms with van der Waals surface area (Å²) in [6.45, 7) is 0. The van der Waals surface area contributed by atoms with Gasteiger partial charge in [-0.15, -0.1) is 0 Å². The highest BCUT2D eigenvalue weighted by Gasteiger charge is 2.14. The number of hydrogen-bond donors (Lipinski definition) is 0. The van der Waals surface area contributed by atoms with E-state index in [2.05, 4.69) is 47.4 Å². The second-order valence-electron chi connectivity index (χ2n) is 8.44. The van der Waals surface area contributed by atoms with Crippen molar-refractivity contribution in [3.8, 4) is 56.4 Å². The minimum atomic E-state index is 0.635. The molecule has 0 aliphatic rings. The average molecular weight is 463 g/mol. The van der Waals surface area contributed by atoms with E-state index in [1.807, 2.05) is 91.3 Å². The van der Waals surface area contributed by atoms with Gasteiger partial charge in [0.2, 0.25) is 0 Å². The average Bonchev–Trinajstić information content (AvgIpc) is 2.98. The van der Waals surface area contributed by atoms with Crippen LogP contribution >= 0.6 is 0 Å². The first-order valence-corrected chi connectivity index (χ1v) is 11.8. The molecule has 2 heterocycles. The Morgan fingerprint density at radius 3 is 1.14 bits per heavy atom. The topological polar surface area (TPSA) is 51.6 Å². The van der Waals surface area contributed by atoms with Crippen molar-refractivity contribution in [3.63, 3.8) is 0 Å². The maximum atomic E-state index is 4.93.